The number of nitrogens with two attached hydrogens (primary N) is 1. The fourth-order valence-electron chi connectivity index (χ4n) is 5.06. The number of sulfonamides is 1. The Hall–Kier alpha value is -3.11. The Labute approximate surface area is 224 Å². The average Bonchev–Trinajstić information content (AvgIpc) is 2.94. The predicted octanol–water partition coefficient (Wildman–Crippen LogP) is 2.81. The van der Waals surface area contributed by atoms with E-state index in [1.807, 2.05) is 24.4 Å². The molecule has 0 saturated carbocycles. The number of unbranched alkanes of at least 4 members (excludes halogenated alkanes) is 1. The molecule has 1 amide bonds. The lowest BCUT2D eigenvalue weighted by molar-refractivity contribution is -0.123. The second-order valence-corrected chi connectivity index (χ2v) is 11.6. The number of carbonyl (C=O) groups is 1. The molecule has 1 aliphatic rings. The van der Waals surface area contributed by atoms with Gasteiger partial charge >= 0.3 is 0 Å². The van der Waals surface area contributed by atoms with Gasteiger partial charge in [0.15, 0.2) is 0 Å². The minimum Gasteiger partial charge on any atom is -0.392 e. The molecule has 202 valence electrons. The van der Waals surface area contributed by atoms with Crippen LogP contribution in [0.2, 0.25) is 0 Å². The summed E-state index contributed by atoms with van der Waals surface area (Å²) in [5, 5.41) is 12.8. The number of aliphatic hydroxyl groups is 1. The van der Waals surface area contributed by atoms with Crippen LogP contribution in [0.25, 0.3) is 0 Å². The highest BCUT2D eigenvalue weighted by Crippen LogP contribution is 2.35. The molecular weight excluding hydrogens is 500 g/mol. The Balaban J connectivity index is 1.32. The van der Waals surface area contributed by atoms with Gasteiger partial charge in [0.2, 0.25) is 15.9 Å². The van der Waals surface area contributed by atoms with Crippen molar-refractivity contribution in [2.24, 2.45) is 5.73 Å². The molecule has 0 spiro atoms. The number of carbonyl (C=O) groups excluding carboxylic acids is 1. The molecule has 3 unspecified atom stereocenters. The van der Waals surface area contributed by atoms with Crippen LogP contribution < -0.4 is 15.8 Å². The zero-order chi connectivity index (χ0) is 27.0. The minimum atomic E-state index is -3.54. The lowest BCUT2D eigenvalue weighted by atomic mass is 9.76. The van der Waals surface area contributed by atoms with E-state index in [2.05, 4.69) is 27.2 Å². The van der Waals surface area contributed by atoms with Gasteiger partial charge in [-0.2, -0.15) is 0 Å². The van der Waals surface area contributed by atoms with Crippen molar-refractivity contribution in [3.63, 3.8) is 0 Å². The Kier molecular flexibility index (Phi) is 9.63. The van der Waals surface area contributed by atoms with E-state index < -0.39 is 16.1 Å². The molecule has 0 bridgehead atoms. The van der Waals surface area contributed by atoms with Crippen LogP contribution >= 0.6 is 0 Å². The zero-order valence-corrected chi connectivity index (χ0v) is 22.2. The number of aryl methyl sites for hydroxylation is 1. The molecule has 8 nitrogen and oxygen atoms in total. The summed E-state index contributed by atoms with van der Waals surface area (Å²) in [6.07, 6.45) is 7.62. The van der Waals surface area contributed by atoms with Crippen LogP contribution in [0.5, 0.6) is 0 Å². The van der Waals surface area contributed by atoms with Crippen LogP contribution in [0.3, 0.4) is 0 Å². The molecule has 9 heteroatoms. The summed E-state index contributed by atoms with van der Waals surface area (Å²) < 4.78 is 27.3. The molecule has 1 aliphatic carbocycles. The van der Waals surface area contributed by atoms with Crippen molar-refractivity contribution in [2.75, 3.05) is 6.54 Å². The van der Waals surface area contributed by atoms with Crippen molar-refractivity contribution in [1.82, 2.24) is 15.0 Å². The summed E-state index contributed by atoms with van der Waals surface area (Å²) in [5.41, 5.74) is 10.6. The number of fused-ring (bicyclic) bond motifs is 1. The van der Waals surface area contributed by atoms with Gasteiger partial charge in [0.05, 0.1) is 17.5 Å². The number of aliphatic hydroxyl groups excluding tert-OH is 1. The summed E-state index contributed by atoms with van der Waals surface area (Å²) in [6, 6.07) is 17.5. The molecule has 0 fully saturated rings. The molecule has 0 saturated heterocycles. The van der Waals surface area contributed by atoms with Gasteiger partial charge in [0.1, 0.15) is 0 Å². The number of nitrogens with zero attached hydrogens (tertiary/aromatic N) is 1. The van der Waals surface area contributed by atoms with Gasteiger partial charge in [0.25, 0.3) is 0 Å². The van der Waals surface area contributed by atoms with E-state index in [9.17, 15) is 18.3 Å². The second-order valence-electron chi connectivity index (χ2n) is 9.83. The van der Waals surface area contributed by atoms with Gasteiger partial charge in [0, 0.05) is 30.9 Å². The maximum absolute atomic E-state index is 13.0. The van der Waals surface area contributed by atoms with E-state index in [4.69, 9.17) is 5.73 Å². The van der Waals surface area contributed by atoms with Crippen molar-refractivity contribution >= 4 is 15.9 Å². The van der Waals surface area contributed by atoms with Crippen LogP contribution in [-0.2, 0) is 34.3 Å². The Bertz CT molecular complexity index is 1300. The maximum Gasteiger partial charge on any atom is 0.240 e. The smallest absolute Gasteiger partial charge is 0.240 e. The molecule has 3 atom stereocenters. The number of benzene rings is 2. The Morgan fingerprint density at radius 2 is 1.89 bits per heavy atom. The molecule has 3 aromatic rings. The number of rotatable bonds is 12. The van der Waals surface area contributed by atoms with Gasteiger partial charge in [-0.05, 0) is 72.6 Å². The van der Waals surface area contributed by atoms with Gasteiger partial charge in [-0.15, -0.1) is 0 Å². The third-order valence-electron chi connectivity index (χ3n) is 7.13. The summed E-state index contributed by atoms with van der Waals surface area (Å²) in [4.78, 5) is 17.5. The first kappa shape index (κ1) is 27.9. The van der Waals surface area contributed by atoms with Crippen molar-refractivity contribution in [3.8, 4) is 0 Å². The first-order valence-electron chi connectivity index (χ1n) is 13.1. The fraction of sp³-hybridized carbons (Fsp3) is 0.379. The Morgan fingerprint density at radius 1 is 1.08 bits per heavy atom. The first-order chi connectivity index (χ1) is 18.4. The topological polar surface area (TPSA) is 134 Å². The molecule has 0 aliphatic heterocycles. The fourth-order valence-corrected chi connectivity index (χ4v) is 6.16. The van der Waals surface area contributed by atoms with E-state index >= 15 is 0 Å². The lowest BCUT2D eigenvalue weighted by Gasteiger charge is -2.35. The number of pyridine rings is 1. The summed E-state index contributed by atoms with van der Waals surface area (Å²) in [6.45, 7) is 0.289. The number of aromatic nitrogens is 1. The van der Waals surface area contributed by atoms with Crippen LogP contribution in [-0.4, -0.2) is 43.0 Å². The maximum atomic E-state index is 13.0. The van der Waals surface area contributed by atoms with Gasteiger partial charge in [-0.1, -0.05) is 48.9 Å². The van der Waals surface area contributed by atoms with Crippen molar-refractivity contribution < 1.29 is 18.3 Å². The van der Waals surface area contributed by atoms with Crippen molar-refractivity contribution in [2.45, 2.75) is 68.0 Å². The molecule has 0 radical (unpaired) electrons. The Morgan fingerprint density at radius 3 is 2.63 bits per heavy atom. The molecule has 4 rings (SSSR count). The van der Waals surface area contributed by atoms with Crippen molar-refractivity contribution in [3.05, 3.63) is 95.3 Å². The van der Waals surface area contributed by atoms with E-state index in [0.717, 1.165) is 30.4 Å². The van der Waals surface area contributed by atoms with Crippen LogP contribution in [0.4, 0.5) is 0 Å². The minimum absolute atomic E-state index is 0.00325. The van der Waals surface area contributed by atoms with Gasteiger partial charge in [-0.3, -0.25) is 9.78 Å². The lowest BCUT2D eigenvalue weighted by Crippen LogP contribution is -2.49. The highest BCUT2D eigenvalue weighted by atomic mass is 32.2. The first-order valence-corrected chi connectivity index (χ1v) is 14.6. The van der Waals surface area contributed by atoms with E-state index in [-0.39, 0.29) is 35.9 Å². The number of hydrogen-bond acceptors (Lipinski definition) is 6. The van der Waals surface area contributed by atoms with Crippen LogP contribution in [0.15, 0.2) is 78.0 Å². The quantitative estimate of drug-likeness (QED) is 0.263. The zero-order valence-electron chi connectivity index (χ0n) is 21.4. The largest absolute Gasteiger partial charge is 0.392 e. The third-order valence-corrected chi connectivity index (χ3v) is 8.61. The van der Waals surface area contributed by atoms with E-state index in [1.165, 1.54) is 11.1 Å². The average molecular weight is 537 g/mol. The SMILES string of the molecule is NC(CCCCNS(=O)(=O)c1ccccc1)C(=O)NC1CCc2cc(CO)ccc2C1Cc1cccnc1. The molecular formula is C29H36N4O4S. The summed E-state index contributed by atoms with van der Waals surface area (Å²) in [7, 11) is -3.54. The number of amides is 1. The summed E-state index contributed by atoms with van der Waals surface area (Å²) >= 11 is 0. The molecule has 5 N–H and O–H groups in total. The highest BCUT2D eigenvalue weighted by Gasteiger charge is 2.32. The molecule has 2 aromatic carbocycles. The second kappa shape index (κ2) is 13.1. The van der Waals surface area contributed by atoms with Gasteiger partial charge in [-0.25, -0.2) is 13.1 Å². The normalized spacial score (nSPS) is 17.9. The summed E-state index contributed by atoms with van der Waals surface area (Å²) in [5.74, 6) is -0.120. The highest BCUT2D eigenvalue weighted by molar-refractivity contribution is 7.89. The molecule has 38 heavy (non-hydrogen) atoms. The van der Waals surface area contributed by atoms with E-state index in [0.29, 0.717) is 19.3 Å². The number of hydrogen-bond donors (Lipinski definition) is 4. The molecule has 1 heterocycles. The van der Waals surface area contributed by atoms with Crippen molar-refractivity contribution in [1.29, 1.82) is 0 Å². The van der Waals surface area contributed by atoms with Crippen LogP contribution in [0, 0.1) is 0 Å². The third kappa shape index (κ3) is 7.26. The monoisotopic (exact) mass is 536 g/mol. The standard InChI is InChI=1S/C29H36N4O4S/c30-27(10-4-5-16-32-38(36,37)24-8-2-1-3-9-24)29(35)33-28-14-12-23-17-22(20-34)11-13-25(23)26(28)18-21-7-6-15-31-19-21/h1-3,6-9,11,13,15,17,19,26-28,32,34H,4-5,10,12,14,16,18,20,30H2,(H,33,35). The van der Waals surface area contributed by atoms with Gasteiger partial charge < -0.3 is 16.2 Å². The van der Waals surface area contributed by atoms with E-state index in [1.54, 1.807) is 36.5 Å². The van der Waals surface area contributed by atoms with Crippen LogP contribution in [0.1, 0.15) is 53.9 Å². The number of nitrogens with one attached hydrogen (secondary N) is 2. The molecule has 1 aromatic heterocycles. The predicted molar refractivity (Wildman–Crippen MR) is 147 cm³/mol.